The van der Waals surface area contributed by atoms with Crippen molar-refractivity contribution in [2.75, 3.05) is 19.7 Å². The first-order chi connectivity index (χ1) is 9.11. The third-order valence-electron chi connectivity index (χ3n) is 5.00. The Morgan fingerprint density at radius 1 is 1.00 bits per heavy atom. The molecule has 4 N–H and O–H groups in total. The normalized spacial score (nSPS) is 54.3. The van der Waals surface area contributed by atoms with E-state index in [0.717, 1.165) is 19.5 Å². The van der Waals surface area contributed by atoms with Crippen LogP contribution in [0.15, 0.2) is 0 Å². The van der Waals surface area contributed by atoms with E-state index in [9.17, 15) is 20.4 Å². The third kappa shape index (κ3) is 2.30. The molecule has 2 bridgehead atoms. The monoisotopic (exact) mass is 273 g/mol. The Hall–Kier alpha value is -0.240. The van der Waals surface area contributed by atoms with Crippen molar-refractivity contribution in [3.8, 4) is 0 Å². The highest BCUT2D eigenvalue weighted by molar-refractivity contribution is 5.01. The molecule has 0 aromatic rings. The summed E-state index contributed by atoms with van der Waals surface area (Å²) >= 11 is 0. The first-order valence-electron chi connectivity index (χ1n) is 7.16. The molecule has 6 atom stereocenters. The Labute approximate surface area is 112 Å². The number of hydrogen-bond donors (Lipinski definition) is 4. The lowest BCUT2D eigenvalue weighted by atomic mass is 9.78. The molecule has 0 aromatic carbocycles. The minimum atomic E-state index is -1.25. The van der Waals surface area contributed by atoms with Gasteiger partial charge in [-0.1, -0.05) is 0 Å². The van der Waals surface area contributed by atoms with Crippen molar-refractivity contribution in [3.05, 3.63) is 0 Å². The lowest BCUT2D eigenvalue weighted by molar-refractivity contribution is -0.248. The van der Waals surface area contributed by atoms with Crippen LogP contribution in [0, 0.1) is 5.92 Å². The van der Waals surface area contributed by atoms with E-state index in [1.54, 1.807) is 0 Å². The van der Waals surface area contributed by atoms with Crippen LogP contribution < -0.4 is 0 Å². The molecular formula is C13H23NO5. The number of piperidine rings is 3. The third-order valence-corrected chi connectivity index (χ3v) is 5.00. The van der Waals surface area contributed by atoms with Crippen LogP contribution >= 0.6 is 0 Å². The second-order valence-electron chi connectivity index (χ2n) is 6.08. The molecule has 4 fully saturated rings. The first-order valence-corrected chi connectivity index (χ1v) is 7.16. The van der Waals surface area contributed by atoms with Crippen molar-refractivity contribution in [1.29, 1.82) is 0 Å². The van der Waals surface area contributed by atoms with Crippen molar-refractivity contribution in [2.24, 2.45) is 5.92 Å². The molecule has 4 aliphatic rings. The molecule has 4 heterocycles. The first kappa shape index (κ1) is 13.7. The van der Waals surface area contributed by atoms with Crippen molar-refractivity contribution in [3.63, 3.8) is 0 Å². The van der Waals surface area contributed by atoms with Gasteiger partial charge in [0, 0.05) is 6.04 Å². The van der Waals surface area contributed by atoms with E-state index in [4.69, 9.17) is 4.74 Å². The van der Waals surface area contributed by atoms with Gasteiger partial charge >= 0.3 is 0 Å². The number of nitrogens with zero attached hydrogens (tertiary/aromatic N) is 1. The molecule has 4 aliphatic heterocycles. The number of aliphatic hydroxyl groups excluding tert-OH is 4. The zero-order chi connectivity index (χ0) is 13.6. The van der Waals surface area contributed by atoms with E-state index in [1.807, 2.05) is 0 Å². The van der Waals surface area contributed by atoms with Crippen LogP contribution in [0.1, 0.15) is 19.3 Å². The van der Waals surface area contributed by atoms with Crippen molar-refractivity contribution >= 4 is 0 Å². The number of fused-ring (bicyclic) bond motifs is 3. The van der Waals surface area contributed by atoms with Gasteiger partial charge < -0.3 is 25.2 Å². The van der Waals surface area contributed by atoms with E-state index >= 15 is 0 Å². The summed E-state index contributed by atoms with van der Waals surface area (Å²) in [6.07, 6.45) is -1.58. The second kappa shape index (κ2) is 5.27. The average Bonchev–Trinajstić information content (AvgIpc) is 2.46. The molecule has 0 radical (unpaired) electrons. The molecule has 0 spiro atoms. The fourth-order valence-corrected chi connectivity index (χ4v) is 3.80. The molecule has 19 heavy (non-hydrogen) atoms. The zero-order valence-corrected chi connectivity index (χ0v) is 10.9. The Balaban J connectivity index is 1.76. The molecule has 0 aromatic heterocycles. The second-order valence-corrected chi connectivity index (χ2v) is 6.08. The average molecular weight is 273 g/mol. The maximum atomic E-state index is 10.2. The molecule has 0 saturated carbocycles. The van der Waals surface area contributed by atoms with Gasteiger partial charge in [0.2, 0.25) is 0 Å². The van der Waals surface area contributed by atoms with Crippen LogP contribution in [-0.2, 0) is 4.74 Å². The van der Waals surface area contributed by atoms with Crippen molar-refractivity contribution in [2.45, 2.75) is 55.8 Å². The number of rotatable bonds is 2. The summed E-state index contributed by atoms with van der Waals surface area (Å²) in [7, 11) is 0. The van der Waals surface area contributed by atoms with Gasteiger partial charge in [0.15, 0.2) is 0 Å². The largest absolute Gasteiger partial charge is 0.394 e. The lowest BCUT2D eigenvalue weighted by Crippen LogP contribution is -2.66. The number of aliphatic hydroxyl groups is 4. The Morgan fingerprint density at radius 3 is 2.21 bits per heavy atom. The summed E-state index contributed by atoms with van der Waals surface area (Å²) in [5, 5.41) is 39.0. The van der Waals surface area contributed by atoms with Gasteiger partial charge in [-0.3, -0.25) is 4.90 Å². The number of hydrogen-bond acceptors (Lipinski definition) is 6. The Kier molecular flexibility index (Phi) is 3.81. The van der Waals surface area contributed by atoms with E-state index in [0.29, 0.717) is 5.92 Å². The highest BCUT2D eigenvalue weighted by Gasteiger charge is 2.49. The van der Waals surface area contributed by atoms with Crippen LogP contribution in [0.5, 0.6) is 0 Å². The topological polar surface area (TPSA) is 93.4 Å². The van der Waals surface area contributed by atoms with Crippen LogP contribution in [0.3, 0.4) is 0 Å². The predicted octanol–water partition coefficient (Wildman–Crippen LogP) is -1.69. The molecule has 6 heteroatoms. The maximum absolute atomic E-state index is 10.2. The SMILES string of the molecule is OC[C@H]1OC(C2CC3CCN2CC3)[C@H](O)[C@@H](O)[C@H]1O. The minimum Gasteiger partial charge on any atom is -0.394 e. The van der Waals surface area contributed by atoms with E-state index in [2.05, 4.69) is 4.90 Å². The van der Waals surface area contributed by atoms with Crippen LogP contribution in [0.25, 0.3) is 0 Å². The molecule has 0 amide bonds. The summed E-state index contributed by atoms with van der Waals surface area (Å²) in [4.78, 5) is 2.30. The fraction of sp³-hybridized carbons (Fsp3) is 1.00. The standard InChI is InChI=1S/C13H23NO5/c15-6-9-10(16)11(17)12(18)13(19-9)8-5-7-1-3-14(8)4-2-7/h7-13,15-18H,1-6H2/t8?,9-,10+,11+,12-,13?/m1/s1. The van der Waals surface area contributed by atoms with Crippen LogP contribution in [-0.4, -0.2) is 81.6 Å². The Morgan fingerprint density at radius 2 is 1.68 bits per heavy atom. The Bertz CT molecular complexity index is 318. The van der Waals surface area contributed by atoms with Gasteiger partial charge in [0.25, 0.3) is 0 Å². The molecule has 110 valence electrons. The fourth-order valence-electron chi connectivity index (χ4n) is 3.80. The van der Waals surface area contributed by atoms with Gasteiger partial charge in [-0.05, 0) is 38.3 Å². The lowest BCUT2D eigenvalue weighted by Gasteiger charge is -2.52. The summed E-state index contributed by atoms with van der Waals surface area (Å²) in [6, 6.07) is 0.0821. The van der Waals surface area contributed by atoms with E-state index in [-0.39, 0.29) is 12.6 Å². The van der Waals surface area contributed by atoms with E-state index in [1.165, 1.54) is 12.8 Å². The molecule has 6 nitrogen and oxygen atoms in total. The molecular weight excluding hydrogens is 250 g/mol. The maximum Gasteiger partial charge on any atom is 0.111 e. The summed E-state index contributed by atoms with van der Waals surface area (Å²) in [5.41, 5.74) is 0. The van der Waals surface area contributed by atoms with Crippen LogP contribution in [0.4, 0.5) is 0 Å². The van der Waals surface area contributed by atoms with Crippen LogP contribution in [0.2, 0.25) is 0 Å². The molecule has 4 rings (SSSR count). The zero-order valence-electron chi connectivity index (χ0n) is 10.9. The molecule has 4 saturated heterocycles. The predicted molar refractivity (Wildman–Crippen MR) is 66.5 cm³/mol. The molecule has 0 aliphatic carbocycles. The smallest absolute Gasteiger partial charge is 0.111 e. The van der Waals surface area contributed by atoms with Gasteiger partial charge in [0.05, 0.1) is 6.61 Å². The summed E-state index contributed by atoms with van der Waals surface area (Å²) in [6.45, 7) is 1.66. The summed E-state index contributed by atoms with van der Waals surface area (Å²) in [5.74, 6) is 0.669. The van der Waals surface area contributed by atoms with E-state index < -0.39 is 30.5 Å². The highest BCUT2D eigenvalue weighted by Crippen LogP contribution is 2.37. The van der Waals surface area contributed by atoms with Crippen molar-refractivity contribution in [1.82, 2.24) is 4.90 Å². The highest BCUT2D eigenvalue weighted by atomic mass is 16.5. The van der Waals surface area contributed by atoms with Gasteiger partial charge in [-0.2, -0.15) is 0 Å². The molecule has 2 unspecified atom stereocenters. The van der Waals surface area contributed by atoms with Gasteiger partial charge in [0.1, 0.15) is 30.5 Å². The quantitative estimate of drug-likeness (QED) is 0.480. The number of ether oxygens (including phenoxy) is 1. The summed E-state index contributed by atoms with van der Waals surface area (Å²) < 4.78 is 5.67. The van der Waals surface area contributed by atoms with Gasteiger partial charge in [-0.15, -0.1) is 0 Å². The van der Waals surface area contributed by atoms with Gasteiger partial charge in [-0.25, -0.2) is 0 Å². The minimum absolute atomic E-state index is 0.0821. The van der Waals surface area contributed by atoms with Crippen molar-refractivity contribution < 1.29 is 25.2 Å².